The van der Waals surface area contributed by atoms with Crippen LogP contribution in [0, 0.1) is 0 Å². The largest absolute Gasteiger partial charge is 0.491 e. The summed E-state index contributed by atoms with van der Waals surface area (Å²) in [6.07, 6.45) is 0. The maximum Gasteiger partial charge on any atom is 0.326 e. The van der Waals surface area contributed by atoms with Gasteiger partial charge in [-0.2, -0.15) is 0 Å². The standard InChI is InChI=1S/C10H12BrNO3/c1-14-10(13)9(12)6-15-8-4-2-3-7(11)5-8/h2-5,9H,6,12H2,1H3. The average Bonchev–Trinajstić information content (AvgIpc) is 2.25. The number of benzene rings is 1. The quantitative estimate of drug-likeness (QED) is 0.841. The van der Waals surface area contributed by atoms with Crippen LogP contribution in [-0.2, 0) is 9.53 Å². The number of ether oxygens (including phenoxy) is 2. The van der Waals surface area contributed by atoms with Crippen LogP contribution in [0.5, 0.6) is 5.75 Å². The second-order valence-corrected chi connectivity index (χ2v) is 3.81. The molecule has 1 aromatic carbocycles. The Kier molecular flexibility index (Phi) is 4.58. The van der Waals surface area contributed by atoms with Crippen LogP contribution in [-0.4, -0.2) is 25.7 Å². The molecule has 0 aliphatic heterocycles. The van der Waals surface area contributed by atoms with E-state index in [1.54, 1.807) is 12.1 Å². The number of hydrogen-bond acceptors (Lipinski definition) is 4. The smallest absolute Gasteiger partial charge is 0.326 e. The lowest BCUT2D eigenvalue weighted by atomic mass is 10.3. The van der Waals surface area contributed by atoms with Crippen molar-refractivity contribution in [2.75, 3.05) is 13.7 Å². The minimum absolute atomic E-state index is 0.100. The van der Waals surface area contributed by atoms with E-state index in [0.29, 0.717) is 5.75 Å². The molecule has 1 atom stereocenters. The van der Waals surface area contributed by atoms with Crippen molar-refractivity contribution in [3.05, 3.63) is 28.7 Å². The molecule has 0 aliphatic rings. The third-order valence-corrected chi connectivity index (χ3v) is 2.22. The fourth-order valence-electron chi connectivity index (χ4n) is 0.962. The van der Waals surface area contributed by atoms with Crippen LogP contribution in [0.15, 0.2) is 28.7 Å². The second kappa shape index (κ2) is 5.72. The number of carbonyl (C=O) groups is 1. The van der Waals surface area contributed by atoms with E-state index >= 15 is 0 Å². The minimum Gasteiger partial charge on any atom is -0.491 e. The summed E-state index contributed by atoms with van der Waals surface area (Å²) in [6.45, 7) is 0.100. The van der Waals surface area contributed by atoms with Crippen molar-refractivity contribution >= 4 is 21.9 Å². The Bertz CT molecular complexity index is 343. The molecule has 0 fully saturated rings. The highest BCUT2D eigenvalue weighted by molar-refractivity contribution is 9.10. The molecule has 0 saturated carbocycles. The highest BCUT2D eigenvalue weighted by Crippen LogP contribution is 2.17. The zero-order valence-corrected chi connectivity index (χ0v) is 9.86. The molecule has 1 aromatic rings. The summed E-state index contributed by atoms with van der Waals surface area (Å²) >= 11 is 3.31. The third-order valence-electron chi connectivity index (χ3n) is 1.73. The van der Waals surface area contributed by atoms with E-state index in [2.05, 4.69) is 20.7 Å². The van der Waals surface area contributed by atoms with Gasteiger partial charge in [0.15, 0.2) is 0 Å². The van der Waals surface area contributed by atoms with Crippen molar-refractivity contribution in [1.29, 1.82) is 0 Å². The summed E-state index contributed by atoms with van der Waals surface area (Å²) in [5.41, 5.74) is 5.50. The molecule has 0 bridgehead atoms. The van der Waals surface area contributed by atoms with Gasteiger partial charge in [0.2, 0.25) is 0 Å². The van der Waals surface area contributed by atoms with Crippen LogP contribution in [0.4, 0.5) is 0 Å². The number of methoxy groups -OCH3 is 1. The number of esters is 1. The van der Waals surface area contributed by atoms with E-state index in [-0.39, 0.29) is 6.61 Å². The number of hydrogen-bond donors (Lipinski definition) is 1. The van der Waals surface area contributed by atoms with E-state index in [4.69, 9.17) is 10.5 Å². The summed E-state index contributed by atoms with van der Waals surface area (Å²) in [6, 6.07) is 6.54. The van der Waals surface area contributed by atoms with E-state index in [0.717, 1.165) is 4.47 Å². The predicted octanol–water partition coefficient (Wildman–Crippen LogP) is 1.33. The fourth-order valence-corrected chi connectivity index (χ4v) is 1.34. The molecule has 0 radical (unpaired) electrons. The van der Waals surface area contributed by atoms with Gasteiger partial charge in [-0.15, -0.1) is 0 Å². The van der Waals surface area contributed by atoms with Crippen LogP contribution >= 0.6 is 15.9 Å². The van der Waals surface area contributed by atoms with Gasteiger partial charge in [0.05, 0.1) is 7.11 Å². The highest BCUT2D eigenvalue weighted by Gasteiger charge is 2.14. The maximum absolute atomic E-state index is 11.0. The van der Waals surface area contributed by atoms with Crippen molar-refractivity contribution in [2.24, 2.45) is 5.73 Å². The van der Waals surface area contributed by atoms with Crippen LogP contribution in [0.25, 0.3) is 0 Å². The predicted molar refractivity (Wildman–Crippen MR) is 59.6 cm³/mol. The van der Waals surface area contributed by atoms with Gasteiger partial charge >= 0.3 is 5.97 Å². The molecule has 1 unspecified atom stereocenters. The molecule has 2 N–H and O–H groups in total. The average molecular weight is 274 g/mol. The van der Waals surface area contributed by atoms with Crippen molar-refractivity contribution in [3.8, 4) is 5.75 Å². The number of halogens is 1. The highest BCUT2D eigenvalue weighted by atomic mass is 79.9. The Hall–Kier alpha value is -1.07. The fraction of sp³-hybridized carbons (Fsp3) is 0.300. The third kappa shape index (κ3) is 3.89. The van der Waals surface area contributed by atoms with Crippen molar-refractivity contribution in [2.45, 2.75) is 6.04 Å². The monoisotopic (exact) mass is 273 g/mol. The molecule has 0 heterocycles. The normalized spacial score (nSPS) is 11.9. The van der Waals surface area contributed by atoms with Gasteiger partial charge in [-0.1, -0.05) is 22.0 Å². The van der Waals surface area contributed by atoms with E-state index in [1.165, 1.54) is 7.11 Å². The number of carbonyl (C=O) groups excluding carboxylic acids is 1. The van der Waals surface area contributed by atoms with Gasteiger partial charge in [0, 0.05) is 4.47 Å². The topological polar surface area (TPSA) is 61.5 Å². The maximum atomic E-state index is 11.0. The first kappa shape index (κ1) is 12.0. The van der Waals surface area contributed by atoms with Crippen molar-refractivity contribution in [3.63, 3.8) is 0 Å². The molecule has 0 saturated heterocycles. The molecule has 15 heavy (non-hydrogen) atoms. The first-order chi connectivity index (χ1) is 7.13. The summed E-state index contributed by atoms with van der Waals surface area (Å²) in [5, 5.41) is 0. The Balaban J connectivity index is 2.47. The van der Waals surface area contributed by atoms with Gasteiger partial charge < -0.3 is 15.2 Å². The van der Waals surface area contributed by atoms with Gasteiger partial charge in [0.25, 0.3) is 0 Å². The second-order valence-electron chi connectivity index (χ2n) is 2.90. The zero-order valence-electron chi connectivity index (χ0n) is 8.27. The van der Waals surface area contributed by atoms with Crippen LogP contribution < -0.4 is 10.5 Å². The van der Waals surface area contributed by atoms with Gasteiger partial charge in [-0.3, -0.25) is 4.79 Å². The lowest BCUT2D eigenvalue weighted by Gasteiger charge is -2.11. The Labute approximate surface area is 96.5 Å². The van der Waals surface area contributed by atoms with Crippen LogP contribution in [0.2, 0.25) is 0 Å². The zero-order chi connectivity index (χ0) is 11.3. The molecule has 82 valence electrons. The molecule has 5 heteroatoms. The first-order valence-electron chi connectivity index (χ1n) is 4.35. The molecule has 0 spiro atoms. The number of rotatable bonds is 4. The minimum atomic E-state index is -0.756. The first-order valence-corrected chi connectivity index (χ1v) is 5.14. The van der Waals surface area contributed by atoms with Crippen molar-refractivity contribution in [1.82, 2.24) is 0 Å². The van der Waals surface area contributed by atoms with Crippen LogP contribution in [0.3, 0.4) is 0 Å². The molecular weight excluding hydrogens is 262 g/mol. The molecule has 0 amide bonds. The van der Waals surface area contributed by atoms with Crippen molar-refractivity contribution < 1.29 is 14.3 Å². The molecule has 0 aromatic heterocycles. The van der Waals surface area contributed by atoms with E-state index in [1.807, 2.05) is 12.1 Å². The Morgan fingerprint density at radius 1 is 1.60 bits per heavy atom. The van der Waals surface area contributed by atoms with E-state index in [9.17, 15) is 4.79 Å². The lowest BCUT2D eigenvalue weighted by molar-refractivity contribution is -0.142. The molecular formula is C10H12BrNO3. The Morgan fingerprint density at radius 3 is 2.93 bits per heavy atom. The van der Waals surface area contributed by atoms with E-state index < -0.39 is 12.0 Å². The summed E-state index contributed by atoms with van der Waals surface area (Å²) < 4.78 is 10.7. The Morgan fingerprint density at radius 2 is 2.33 bits per heavy atom. The summed E-state index contributed by atoms with van der Waals surface area (Å²) in [5.74, 6) is 0.175. The lowest BCUT2D eigenvalue weighted by Crippen LogP contribution is -2.37. The van der Waals surface area contributed by atoms with Crippen LogP contribution in [0.1, 0.15) is 0 Å². The number of nitrogens with two attached hydrogens (primary N) is 1. The molecule has 0 aliphatic carbocycles. The SMILES string of the molecule is COC(=O)C(N)COc1cccc(Br)c1. The molecule has 1 rings (SSSR count). The summed E-state index contributed by atoms with van der Waals surface area (Å²) in [7, 11) is 1.29. The summed E-state index contributed by atoms with van der Waals surface area (Å²) in [4.78, 5) is 11.0. The van der Waals surface area contributed by atoms with Gasteiger partial charge in [-0.05, 0) is 18.2 Å². The van der Waals surface area contributed by atoms with Gasteiger partial charge in [-0.25, -0.2) is 0 Å². The molecule has 4 nitrogen and oxygen atoms in total. The van der Waals surface area contributed by atoms with Gasteiger partial charge in [0.1, 0.15) is 18.4 Å².